The van der Waals surface area contributed by atoms with Crippen molar-refractivity contribution in [2.24, 2.45) is 11.8 Å². The van der Waals surface area contributed by atoms with Crippen molar-refractivity contribution in [2.75, 3.05) is 0 Å². The first kappa shape index (κ1) is 27.8. The number of nitro benzene ring substituents is 1. The molecular formula is C30H34N2O4SSi. The van der Waals surface area contributed by atoms with Gasteiger partial charge in [-0.3, -0.25) is 14.9 Å². The van der Waals surface area contributed by atoms with Crippen LogP contribution < -0.4 is 15.7 Å². The second kappa shape index (κ2) is 10.9. The van der Waals surface area contributed by atoms with E-state index in [-0.39, 0.29) is 40.6 Å². The van der Waals surface area contributed by atoms with Crippen molar-refractivity contribution < 1.29 is 14.1 Å². The van der Waals surface area contributed by atoms with Crippen molar-refractivity contribution in [1.29, 1.82) is 0 Å². The lowest BCUT2D eigenvalue weighted by Gasteiger charge is -2.49. The van der Waals surface area contributed by atoms with Crippen LogP contribution in [0.1, 0.15) is 40.2 Å². The van der Waals surface area contributed by atoms with Crippen LogP contribution in [0.25, 0.3) is 0 Å². The standard InChI is InChI=1S/C30H34N2O4SSi/c1-20(28(37)22-16-18-23(19-17-22)32(34)35)27-26(29(33)31-27)21(2)36-38(30(3,4)5,24-12-8-6-9-13-24)25-14-10-7-11-15-25/h6-21,26-27H,1-5H3,(H,31,33)/t20-,21-,26-,27-/m1/s1. The number of nitro groups is 1. The van der Waals surface area contributed by atoms with Crippen molar-refractivity contribution in [3.05, 3.63) is 101 Å². The van der Waals surface area contributed by atoms with Gasteiger partial charge in [0.15, 0.2) is 0 Å². The Morgan fingerprint density at radius 1 is 0.947 bits per heavy atom. The van der Waals surface area contributed by atoms with Gasteiger partial charge in [0.1, 0.15) is 0 Å². The van der Waals surface area contributed by atoms with E-state index in [0.717, 1.165) is 15.9 Å². The van der Waals surface area contributed by atoms with E-state index in [1.807, 2.05) is 50.2 Å². The van der Waals surface area contributed by atoms with Crippen LogP contribution in [-0.2, 0) is 9.22 Å². The van der Waals surface area contributed by atoms with E-state index in [1.54, 1.807) is 12.1 Å². The van der Waals surface area contributed by atoms with Gasteiger partial charge in [-0.15, -0.1) is 0 Å². The normalized spacial score (nSPS) is 19.1. The molecule has 6 nitrogen and oxygen atoms in total. The number of carbonyl (C=O) groups excluding carboxylic acids is 1. The maximum atomic E-state index is 13.0. The molecule has 3 aromatic rings. The SMILES string of the molecule is C[C@@H](O[Si](c1ccccc1)(c1ccccc1)C(C)(C)C)[C@H]1C(=O)N[C@@H]1[C@@H](C)C(=S)c1ccc([N+](=O)[O-])cc1. The Hall–Kier alpha value is -3.20. The van der Waals surface area contributed by atoms with Gasteiger partial charge in [0.2, 0.25) is 5.91 Å². The minimum Gasteiger partial charge on any atom is -0.404 e. The summed E-state index contributed by atoms with van der Waals surface area (Å²) in [5.74, 6) is -0.569. The number of thiocarbonyl (C=S) groups is 1. The molecule has 0 aromatic heterocycles. The van der Waals surface area contributed by atoms with Gasteiger partial charge in [0.05, 0.1) is 23.0 Å². The molecule has 1 aliphatic rings. The zero-order valence-corrected chi connectivity index (χ0v) is 24.2. The van der Waals surface area contributed by atoms with Crippen LogP contribution in [-0.4, -0.2) is 36.2 Å². The first-order valence-electron chi connectivity index (χ1n) is 12.9. The number of carbonyl (C=O) groups is 1. The Bertz CT molecular complexity index is 1270. The molecule has 1 aliphatic heterocycles. The molecule has 198 valence electrons. The maximum Gasteiger partial charge on any atom is 0.269 e. The fraction of sp³-hybridized carbons (Fsp3) is 0.333. The average molecular weight is 547 g/mol. The number of hydrogen-bond donors (Lipinski definition) is 1. The lowest BCUT2D eigenvalue weighted by Crippen LogP contribution is -2.71. The van der Waals surface area contributed by atoms with Crippen molar-refractivity contribution in [1.82, 2.24) is 5.32 Å². The number of β-lactam (4-membered cyclic amide) rings is 1. The maximum absolute atomic E-state index is 13.0. The Morgan fingerprint density at radius 2 is 1.45 bits per heavy atom. The number of non-ortho nitro benzene ring substituents is 1. The number of nitrogens with one attached hydrogen (secondary N) is 1. The molecule has 1 fully saturated rings. The molecule has 0 aliphatic carbocycles. The number of rotatable bonds is 9. The molecule has 0 saturated carbocycles. The highest BCUT2D eigenvalue weighted by atomic mass is 32.1. The summed E-state index contributed by atoms with van der Waals surface area (Å²) < 4.78 is 7.22. The molecule has 8 heteroatoms. The number of nitrogens with zero attached hydrogens (tertiary/aromatic N) is 1. The Kier molecular flexibility index (Phi) is 7.97. The topological polar surface area (TPSA) is 81.5 Å². The summed E-state index contributed by atoms with van der Waals surface area (Å²) in [6.07, 6.45) is -0.359. The molecule has 1 saturated heterocycles. The van der Waals surface area contributed by atoms with Gasteiger partial charge in [0, 0.05) is 22.9 Å². The molecule has 1 N–H and O–H groups in total. The fourth-order valence-corrected chi connectivity index (χ4v) is 10.6. The Balaban J connectivity index is 1.65. The predicted octanol–water partition coefficient (Wildman–Crippen LogP) is 5.03. The van der Waals surface area contributed by atoms with Crippen molar-refractivity contribution in [3.8, 4) is 0 Å². The van der Waals surface area contributed by atoms with Crippen molar-refractivity contribution in [2.45, 2.75) is 51.8 Å². The lowest BCUT2D eigenvalue weighted by molar-refractivity contribution is -0.384. The first-order chi connectivity index (χ1) is 18.0. The van der Waals surface area contributed by atoms with Gasteiger partial charge in [-0.25, -0.2) is 0 Å². The van der Waals surface area contributed by atoms with Crippen LogP contribution >= 0.6 is 12.2 Å². The molecule has 0 unspecified atom stereocenters. The van der Waals surface area contributed by atoms with Crippen molar-refractivity contribution in [3.63, 3.8) is 0 Å². The molecule has 0 spiro atoms. The fourth-order valence-electron chi connectivity index (χ4n) is 5.58. The van der Waals surface area contributed by atoms with E-state index < -0.39 is 13.2 Å². The second-order valence-corrected chi connectivity index (χ2v) is 15.7. The predicted molar refractivity (Wildman–Crippen MR) is 158 cm³/mol. The Labute approximate surface area is 230 Å². The summed E-state index contributed by atoms with van der Waals surface area (Å²) in [6, 6.07) is 26.8. The minimum absolute atomic E-state index is 0.0198. The summed E-state index contributed by atoms with van der Waals surface area (Å²) in [5, 5.41) is 16.2. The van der Waals surface area contributed by atoms with E-state index in [1.165, 1.54) is 12.1 Å². The third-order valence-corrected chi connectivity index (χ3v) is 13.3. The summed E-state index contributed by atoms with van der Waals surface area (Å²) >= 11 is 5.78. The molecule has 4 atom stereocenters. The van der Waals surface area contributed by atoms with Gasteiger partial charge >= 0.3 is 0 Å². The largest absolute Gasteiger partial charge is 0.404 e. The van der Waals surface area contributed by atoms with E-state index in [4.69, 9.17) is 16.6 Å². The van der Waals surface area contributed by atoms with Crippen LogP contribution in [0.15, 0.2) is 84.9 Å². The van der Waals surface area contributed by atoms with Gasteiger partial charge < -0.3 is 9.74 Å². The van der Waals surface area contributed by atoms with Crippen LogP contribution in [0.5, 0.6) is 0 Å². The van der Waals surface area contributed by atoms with Crippen LogP contribution in [0.2, 0.25) is 5.04 Å². The first-order valence-corrected chi connectivity index (χ1v) is 15.2. The smallest absolute Gasteiger partial charge is 0.269 e. The average Bonchev–Trinajstić information content (AvgIpc) is 2.89. The quantitative estimate of drug-likeness (QED) is 0.102. The van der Waals surface area contributed by atoms with E-state index in [2.05, 4.69) is 50.4 Å². The highest BCUT2D eigenvalue weighted by Gasteiger charge is 2.55. The third kappa shape index (κ3) is 5.08. The summed E-state index contributed by atoms with van der Waals surface area (Å²) in [6.45, 7) is 10.7. The zero-order chi connectivity index (χ0) is 27.7. The summed E-state index contributed by atoms with van der Waals surface area (Å²) in [4.78, 5) is 24.2. The van der Waals surface area contributed by atoms with Gasteiger partial charge in [-0.1, -0.05) is 101 Å². The number of amides is 1. The van der Waals surface area contributed by atoms with Crippen LogP contribution in [0.3, 0.4) is 0 Å². The molecule has 1 amide bonds. The molecule has 0 bridgehead atoms. The molecule has 0 radical (unpaired) electrons. The molecule has 38 heavy (non-hydrogen) atoms. The molecule has 1 heterocycles. The van der Waals surface area contributed by atoms with Gasteiger partial charge in [-0.2, -0.15) is 0 Å². The lowest BCUT2D eigenvalue weighted by atomic mass is 9.76. The highest BCUT2D eigenvalue weighted by Crippen LogP contribution is 2.40. The number of benzene rings is 3. The zero-order valence-electron chi connectivity index (χ0n) is 22.4. The number of hydrogen-bond acceptors (Lipinski definition) is 5. The van der Waals surface area contributed by atoms with E-state index in [0.29, 0.717) is 4.86 Å². The summed E-state index contributed by atoms with van der Waals surface area (Å²) in [5.41, 5.74) is 0.768. The second-order valence-electron chi connectivity index (χ2n) is 11.0. The van der Waals surface area contributed by atoms with E-state index >= 15 is 0 Å². The van der Waals surface area contributed by atoms with Gasteiger partial charge in [0.25, 0.3) is 14.0 Å². The Morgan fingerprint density at radius 3 is 1.87 bits per heavy atom. The highest BCUT2D eigenvalue weighted by molar-refractivity contribution is 7.80. The van der Waals surface area contributed by atoms with Crippen LogP contribution in [0.4, 0.5) is 5.69 Å². The van der Waals surface area contributed by atoms with E-state index in [9.17, 15) is 14.9 Å². The monoisotopic (exact) mass is 546 g/mol. The molecular weight excluding hydrogens is 512 g/mol. The third-order valence-electron chi connectivity index (χ3n) is 7.60. The minimum atomic E-state index is -2.84. The molecule has 3 aromatic carbocycles. The van der Waals surface area contributed by atoms with Crippen LogP contribution in [0, 0.1) is 22.0 Å². The van der Waals surface area contributed by atoms with Crippen molar-refractivity contribution >= 4 is 47.4 Å². The molecule has 4 rings (SSSR count). The van der Waals surface area contributed by atoms with Gasteiger partial charge in [-0.05, 0) is 40.0 Å². The summed E-state index contributed by atoms with van der Waals surface area (Å²) in [7, 11) is -2.84.